The molecule has 7 nitrogen and oxygen atoms in total. The Morgan fingerprint density at radius 1 is 0.791 bits per heavy atom. The zero-order valence-corrected chi connectivity index (χ0v) is 24.4. The SMILES string of the molecule is O=C(CN1C(=O)S/C(=C/c2cn(Cc3ccc4ccccc4c3)c3ccccc23)C1=O)N1CCN(c2ccccc2)CC1. The van der Waals surface area contributed by atoms with Crippen LogP contribution in [0, 0.1) is 0 Å². The number of benzene rings is 4. The van der Waals surface area contributed by atoms with Crippen LogP contribution in [0.2, 0.25) is 0 Å². The van der Waals surface area contributed by atoms with E-state index in [4.69, 9.17) is 0 Å². The summed E-state index contributed by atoms with van der Waals surface area (Å²) in [6.07, 6.45) is 3.82. The topological polar surface area (TPSA) is 65.9 Å². The van der Waals surface area contributed by atoms with Crippen LogP contribution in [0.1, 0.15) is 11.1 Å². The van der Waals surface area contributed by atoms with Crippen molar-refractivity contribution >= 4 is 62.3 Å². The molecule has 0 atom stereocenters. The second-order valence-electron chi connectivity index (χ2n) is 10.9. The van der Waals surface area contributed by atoms with Gasteiger partial charge in [0.15, 0.2) is 0 Å². The molecule has 2 saturated heterocycles. The van der Waals surface area contributed by atoms with Gasteiger partial charge in [0, 0.05) is 61.1 Å². The number of thioether (sulfide) groups is 1. The Balaban J connectivity index is 1.07. The number of piperazine rings is 1. The predicted molar refractivity (Wildman–Crippen MR) is 173 cm³/mol. The number of aromatic nitrogens is 1. The molecule has 2 aliphatic rings. The molecule has 214 valence electrons. The molecule has 3 amide bonds. The second-order valence-corrected chi connectivity index (χ2v) is 11.9. The number of carbonyl (C=O) groups excluding carboxylic acids is 3. The van der Waals surface area contributed by atoms with E-state index in [9.17, 15) is 14.4 Å². The van der Waals surface area contributed by atoms with Crippen LogP contribution in [-0.2, 0) is 16.1 Å². The van der Waals surface area contributed by atoms with Gasteiger partial charge in [-0.2, -0.15) is 0 Å². The Labute approximate surface area is 254 Å². The number of anilines is 1. The van der Waals surface area contributed by atoms with Gasteiger partial charge in [-0.15, -0.1) is 0 Å². The summed E-state index contributed by atoms with van der Waals surface area (Å²) in [4.78, 5) is 44.8. The number of hydrogen-bond donors (Lipinski definition) is 0. The molecule has 2 aliphatic heterocycles. The molecule has 0 bridgehead atoms. The first-order valence-corrected chi connectivity index (χ1v) is 15.2. The van der Waals surface area contributed by atoms with Crippen molar-refractivity contribution < 1.29 is 14.4 Å². The molecule has 43 heavy (non-hydrogen) atoms. The third-order valence-corrected chi connectivity index (χ3v) is 9.10. The van der Waals surface area contributed by atoms with E-state index in [1.165, 1.54) is 16.3 Å². The van der Waals surface area contributed by atoms with Crippen LogP contribution in [0.25, 0.3) is 27.8 Å². The molecule has 0 spiro atoms. The lowest BCUT2D eigenvalue weighted by atomic mass is 10.1. The van der Waals surface area contributed by atoms with Gasteiger partial charge in [0.25, 0.3) is 11.1 Å². The van der Waals surface area contributed by atoms with E-state index in [0.717, 1.165) is 38.8 Å². The standard InChI is InChI=1S/C35H30N4O3S/c40-33(37-18-16-36(17-19-37)29-10-2-1-3-11-29)24-39-34(41)32(43-35(39)42)21-28-23-38(31-13-7-6-12-30(28)31)22-25-14-15-26-8-4-5-9-27(26)20-25/h1-15,20-21,23H,16-19,22,24H2/b32-21+. The highest BCUT2D eigenvalue weighted by Crippen LogP contribution is 2.34. The zero-order valence-electron chi connectivity index (χ0n) is 23.6. The number of hydrogen-bond acceptors (Lipinski definition) is 5. The minimum atomic E-state index is -0.419. The van der Waals surface area contributed by atoms with Gasteiger partial charge in [-0.25, -0.2) is 0 Å². The normalized spacial score (nSPS) is 16.7. The Hall–Kier alpha value is -4.82. The van der Waals surface area contributed by atoms with Gasteiger partial charge in [-0.05, 0) is 58.4 Å². The van der Waals surface area contributed by atoms with E-state index in [1.807, 2.05) is 54.7 Å². The van der Waals surface area contributed by atoms with Crippen LogP contribution < -0.4 is 4.90 Å². The van der Waals surface area contributed by atoms with Crippen molar-refractivity contribution in [3.8, 4) is 0 Å². The van der Waals surface area contributed by atoms with Gasteiger partial charge in [-0.3, -0.25) is 19.3 Å². The van der Waals surface area contributed by atoms with E-state index in [0.29, 0.717) is 37.6 Å². The van der Waals surface area contributed by atoms with E-state index in [2.05, 4.69) is 58.0 Å². The van der Waals surface area contributed by atoms with Crippen LogP contribution in [0.4, 0.5) is 10.5 Å². The summed E-state index contributed by atoms with van der Waals surface area (Å²) in [6.45, 7) is 2.96. The molecule has 5 aromatic rings. The van der Waals surface area contributed by atoms with Crippen LogP contribution in [0.5, 0.6) is 0 Å². The summed E-state index contributed by atoms with van der Waals surface area (Å²) in [5.74, 6) is -0.624. The summed E-state index contributed by atoms with van der Waals surface area (Å²) in [5, 5.41) is 2.99. The predicted octanol–water partition coefficient (Wildman–Crippen LogP) is 6.23. The average Bonchev–Trinajstić information content (AvgIpc) is 3.52. The van der Waals surface area contributed by atoms with Crippen molar-refractivity contribution in [3.63, 3.8) is 0 Å². The lowest BCUT2D eigenvalue weighted by molar-refractivity contribution is -0.136. The molecule has 1 aromatic heterocycles. The lowest BCUT2D eigenvalue weighted by Crippen LogP contribution is -2.51. The largest absolute Gasteiger partial charge is 0.368 e. The number of amides is 3. The number of carbonyl (C=O) groups is 3. The highest BCUT2D eigenvalue weighted by molar-refractivity contribution is 8.18. The minimum absolute atomic E-state index is 0.205. The fraction of sp³-hybridized carbons (Fsp3) is 0.171. The molecule has 2 fully saturated rings. The third kappa shape index (κ3) is 5.42. The fourth-order valence-corrected chi connectivity index (χ4v) is 6.75. The van der Waals surface area contributed by atoms with Crippen LogP contribution in [0.3, 0.4) is 0 Å². The van der Waals surface area contributed by atoms with Gasteiger partial charge in [0.1, 0.15) is 6.54 Å². The highest BCUT2D eigenvalue weighted by Gasteiger charge is 2.37. The van der Waals surface area contributed by atoms with Crippen molar-refractivity contribution in [3.05, 3.63) is 119 Å². The van der Waals surface area contributed by atoms with Gasteiger partial charge >= 0.3 is 0 Å². The Bertz CT molecular complexity index is 1890. The van der Waals surface area contributed by atoms with Crippen molar-refractivity contribution in [1.82, 2.24) is 14.4 Å². The zero-order chi connectivity index (χ0) is 29.3. The quantitative estimate of drug-likeness (QED) is 0.221. The molecule has 0 aliphatic carbocycles. The van der Waals surface area contributed by atoms with Crippen molar-refractivity contribution in [2.75, 3.05) is 37.6 Å². The number of fused-ring (bicyclic) bond motifs is 2. The summed E-state index contributed by atoms with van der Waals surface area (Å²) in [6, 6.07) is 33.0. The van der Waals surface area contributed by atoms with Crippen LogP contribution in [0.15, 0.2) is 108 Å². The first kappa shape index (κ1) is 27.0. The fourth-order valence-electron chi connectivity index (χ4n) is 5.92. The Morgan fingerprint density at radius 2 is 1.51 bits per heavy atom. The molecule has 8 heteroatoms. The molecule has 0 radical (unpaired) electrons. The first-order chi connectivity index (χ1) is 21.0. The van der Waals surface area contributed by atoms with Gasteiger partial charge < -0.3 is 14.4 Å². The van der Waals surface area contributed by atoms with Crippen molar-refractivity contribution in [2.45, 2.75) is 6.54 Å². The van der Waals surface area contributed by atoms with E-state index in [1.54, 1.807) is 11.0 Å². The van der Waals surface area contributed by atoms with Gasteiger partial charge in [-0.1, -0.05) is 72.8 Å². The third-order valence-electron chi connectivity index (χ3n) is 8.19. The summed E-state index contributed by atoms with van der Waals surface area (Å²) in [5.41, 5.74) is 4.22. The maximum atomic E-state index is 13.4. The number of imide groups is 1. The molecular weight excluding hydrogens is 556 g/mol. The Morgan fingerprint density at radius 3 is 2.33 bits per heavy atom. The second kappa shape index (κ2) is 11.5. The van der Waals surface area contributed by atoms with E-state index >= 15 is 0 Å². The van der Waals surface area contributed by atoms with E-state index < -0.39 is 11.1 Å². The molecule has 3 heterocycles. The van der Waals surface area contributed by atoms with Crippen molar-refractivity contribution in [2.24, 2.45) is 0 Å². The minimum Gasteiger partial charge on any atom is -0.368 e. The number of nitrogens with zero attached hydrogens (tertiary/aromatic N) is 4. The highest BCUT2D eigenvalue weighted by atomic mass is 32.2. The average molecular weight is 587 g/mol. The molecule has 0 unspecified atom stereocenters. The maximum Gasteiger partial charge on any atom is 0.294 e. The molecule has 0 N–H and O–H groups in total. The summed E-state index contributed by atoms with van der Waals surface area (Å²) in [7, 11) is 0. The van der Waals surface area contributed by atoms with Crippen molar-refractivity contribution in [1.29, 1.82) is 0 Å². The summed E-state index contributed by atoms with van der Waals surface area (Å²) >= 11 is 0.896. The number of para-hydroxylation sites is 2. The van der Waals surface area contributed by atoms with Gasteiger partial charge in [0.2, 0.25) is 5.91 Å². The number of rotatable bonds is 6. The summed E-state index contributed by atoms with van der Waals surface area (Å²) < 4.78 is 2.17. The molecule has 7 rings (SSSR count). The first-order valence-electron chi connectivity index (χ1n) is 14.4. The maximum absolute atomic E-state index is 13.4. The molecular formula is C35H30N4O3S. The van der Waals surface area contributed by atoms with Gasteiger partial charge in [0.05, 0.1) is 4.91 Å². The Kier molecular flexibility index (Phi) is 7.20. The van der Waals surface area contributed by atoms with E-state index in [-0.39, 0.29) is 12.5 Å². The molecule has 4 aromatic carbocycles. The van der Waals surface area contributed by atoms with Crippen LogP contribution >= 0.6 is 11.8 Å². The van der Waals surface area contributed by atoms with Crippen LogP contribution in [-0.4, -0.2) is 64.1 Å². The smallest absolute Gasteiger partial charge is 0.294 e. The lowest BCUT2D eigenvalue weighted by Gasteiger charge is -2.36. The molecule has 0 saturated carbocycles. The monoisotopic (exact) mass is 586 g/mol.